The molecule has 0 amide bonds. The number of ether oxygens (including phenoxy) is 2. The molecule has 55 heavy (non-hydrogen) atoms. The van der Waals surface area contributed by atoms with Crippen molar-refractivity contribution in [3.8, 4) is 0 Å². The minimum Gasteiger partial charge on any atom is -0.462 e. The second-order valence-corrected chi connectivity index (χ2v) is 17.0. The lowest BCUT2D eigenvalue weighted by Gasteiger charge is -2.18. The molecule has 324 valence electrons. The van der Waals surface area contributed by atoms with Gasteiger partial charge in [0.2, 0.25) is 0 Å². The normalized spacial score (nSPS) is 12.6. The Morgan fingerprint density at radius 2 is 0.800 bits per heavy atom. The van der Waals surface area contributed by atoms with Crippen molar-refractivity contribution in [3.63, 3.8) is 0 Å². The number of hydrogen-bond acceptors (Lipinski definition) is 6. The number of rotatable bonds is 43. The summed E-state index contributed by atoms with van der Waals surface area (Å²) >= 11 is 0. The van der Waals surface area contributed by atoms with Crippen molar-refractivity contribution in [2.45, 2.75) is 245 Å². The van der Waals surface area contributed by atoms with E-state index in [4.69, 9.17) is 19.3 Å². The van der Waals surface area contributed by atoms with Crippen LogP contribution in [-0.4, -0.2) is 41.0 Å². The molecule has 0 spiro atoms. The number of carbonyl (C=O) groups excluding carboxylic acids is 2. The summed E-state index contributed by atoms with van der Waals surface area (Å²) < 4.78 is 26.4. The van der Waals surface area contributed by atoms with E-state index >= 15 is 0 Å². The minimum absolute atomic E-state index is 0.197. The van der Waals surface area contributed by atoms with Crippen molar-refractivity contribution >= 4 is 19.8 Å². The Morgan fingerprint density at radius 1 is 0.473 bits per heavy atom. The van der Waals surface area contributed by atoms with Crippen molar-refractivity contribution in [2.24, 2.45) is 0 Å². The predicted octanol–water partition coefficient (Wildman–Crippen LogP) is 14.4. The zero-order valence-corrected chi connectivity index (χ0v) is 36.7. The Morgan fingerprint density at radius 3 is 1.18 bits per heavy atom. The predicted molar refractivity (Wildman–Crippen MR) is 230 cm³/mol. The Kier molecular flexibility index (Phi) is 41.0. The molecular formula is C46H87O8P. The van der Waals surface area contributed by atoms with Crippen LogP contribution >= 0.6 is 7.82 Å². The van der Waals surface area contributed by atoms with Crippen LogP contribution in [0, 0.1) is 0 Å². The van der Waals surface area contributed by atoms with E-state index in [2.05, 4.69) is 42.7 Å². The number of allylic oxidation sites excluding steroid dienone is 4. The first-order valence-corrected chi connectivity index (χ1v) is 24.7. The second kappa shape index (κ2) is 42.1. The van der Waals surface area contributed by atoms with Crippen molar-refractivity contribution < 1.29 is 37.9 Å². The monoisotopic (exact) mass is 799 g/mol. The first kappa shape index (κ1) is 53.5. The third-order valence-corrected chi connectivity index (χ3v) is 10.7. The fraction of sp³-hybridized carbons (Fsp3) is 0.870. The number of phosphoric acid groups is 1. The van der Waals surface area contributed by atoms with Gasteiger partial charge in [-0.3, -0.25) is 14.1 Å². The molecule has 0 bridgehead atoms. The average molecular weight is 799 g/mol. The van der Waals surface area contributed by atoms with E-state index in [1.165, 1.54) is 148 Å². The van der Waals surface area contributed by atoms with E-state index in [9.17, 15) is 14.2 Å². The molecule has 2 N–H and O–H groups in total. The highest BCUT2D eigenvalue weighted by Gasteiger charge is 2.23. The van der Waals surface area contributed by atoms with Gasteiger partial charge in [-0.1, -0.05) is 212 Å². The molecule has 0 unspecified atom stereocenters. The van der Waals surface area contributed by atoms with Gasteiger partial charge in [-0.15, -0.1) is 0 Å². The van der Waals surface area contributed by atoms with Crippen molar-refractivity contribution in [3.05, 3.63) is 24.3 Å². The SMILES string of the molecule is CCCCCC/C=C/C=C/CCCCCCCC(=O)O[C@H](COC(=O)CCCCCCCCCCCCCCCCCCCCCCCC)COP(=O)(O)O. The maximum absolute atomic E-state index is 12.4. The fourth-order valence-electron chi connectivity index (χ4n) is 6.78. The van der Waals surface area contributed by atoms with Gasteiger partial charge in [0.25, 0.3) is 0 Å². The van der Waals surface area contributed by atoms with E-state index in [1.54, 1.807) is 0 Å². The number of hydrogen-bond donors (Lipinski definition) is 2. The van der Waals surface area contributed by atoms with Gasteiger partial charge in [0.1, 0.15) is 6.61 Å². The summed E-state index contributed by atoms with van der Waals surface area (Å²) in [4.78, 5) is 42.9. The maximum Gasteiger partial charge on any atom is 0.469 e. The molecule has 1 atom stereocenters. The van der Waals surface area contributed by atoms with Crippen LogP contribution in [-0.2, 0) is 28.2 Å². The van der Waals surface area contributed by atoms with Gasteiger partial charge in [-0.2, -0.15) is 0 Å². The van der Waals surface area contributed by atoms with Crippen molar-refractivity contribution in [2.75, 3.05) is 13.2 Å². The lowest BCUT2D eigenvalue weighted by molar-refractivity contribution is -0.161. The summed E-state index contributed by atoms with van der Waals surface area (Å²) in [5, 5.41) is 0. The molecule has 8 nitrogen and oxygen atoms in total. The number of unbranched alkanes of at least 4 members (excludes halogenated alkanes) is 30. The van der Waals surface area contributed by atoms with Gasteiger partial charge >= 0.3 is 19.8 Å². The van der Waals surface area contributed by atoms with Gasteiger partial charge in [0.15, 0.2) is 6.10 Å². The highest BCUT2D eigenvalue weighted by atomic mass is 31.2. The van der Waals surface area contributed by atoms with Crippen LogP contribution in [0.2, 0.25) is 0 Å². The third-order valence-electron chi connectivity index (χ3n) is 10.3. The lowest BCUT2D eigenvalue weighted by Crippen LogP contribution is -2.29. The second-order valence-electron chi connectivity index (χ2n) is 15.8. The molecule has 0 aliphatic heterocycles. The fourth-order valence-corrected chi connectivity index (χ4v) is 7.14. The van der Waals surface area contributed by atoms with Crippen LogP contribution in [0.15, 0.2) is 24.3 Å². The molecule has 0 aromatic carbocycles. The van der Waals surface area contributed by atoms with E-state index in [1.807, 2.05) is 0 Å². The molecule has 0 radical (unpaired) electrons. The molecular weight excluding hydrogens is 711 g/mol. The van der Waals surface area contributed by atoms with Gasteiger partial charge in [-0.25, -0.2) is 4.57 Å². The standard InChI is InChI=1S/C46H87O8P/c1-3-5-7-9-11-13-15-17-19-20-21-22-23-24-25-27-28-30-32-34-36-38-40-45(47)52-42-44(43-53-55(49,50)51)54-46(48)41-39-37-35-33-31-29-26-18-16-14-12-10-8-6-4-2/h14,16,18,26,44H,3-13,15,17,19-25,27-43H2,1-2H3,(H2,49,50,51)/b16-14+,26-18+/t44-/m1/s1. The van der Waals surface area contributed by atoms with Crippen LogP contribution in [0.25, 0.3) is 0 Å². The van der Waals surface area contributed by atoms with Crippen molar-refractivity contribution in [1.82, 2.24) is 0 Å². The molecule has 0 aromatic heterocycles. The summed E-state index contributed by atoms with van der Waals surface area (Å²) in [6.45, 7) is 3.68. The smallest absolute Gasteiger partial charge is 0.462 e. The number of carbonyl (C=O) groups is 2. The molecule has 0 heterocycles. The summed E-state index contributed by atoms with van der Waals surface area (Å²) in [6, 6.07) is 0. The summed E-state index contributed by atoms with van der Waals surface area (Å²) in [5.74, 6) is -0.891. The third kappa shape index (κ3) is 45.1. The first-order valence-electron chi connectivity index (χ1n) is 23.1. The molecule has 9 heteroatoms. The molecule has 0 aliphatic carbocycles. The Balaban J connectivity index is 3.82. The highest BCUT2D eigenvalue weighted by Crippen LogP contribution is 2.36. The van der Waals surface area contributed by atoms with Crippen molar-refractivity contribution in [1.29, 1.82) is 0 Å². The van der Waals surface area contributed by atoms with Crippen LogP contribution in [0.1, 0.15) is 239 Å². The molecule has 0 aliphatic rings. The zero-order valence-electron chi connectivity index (χ0n) is 35.8. The van der Waals surface area contributed by atoms with E-state index in [-0.39, 0.29) is 19.4 Å². The molecule has 0 saturated carbocycles. The van der Waals surface area contributed by atoms with Crippen LogP contribution in [0.4, 0.5) is 0 Å². The van der Waals surface area contributed by atoms with Gasteiger partial charge in [0.05, 0.1) is 6.61 Å². The van der Waals surface area contributed by atoms with Crippen LogP contribution in [0.3, 0.4) is 0 Å². The number of phosphoric ester groups is 1. The maximum atomic E-state index is 12.4. The van der Waals surface area contributed by atoms with Gasteiger partial charge in [0, 0.05) is 12.8 Å². The molecule has 0 fully saturated rings. The summed E-state index contributed by atoms with van der Waals surface area (Å²) in [7, 11) is -4.76. The first-order chi connectivity index (χ1) is 26.8. The lowest BCUT2D eigenvalue weighted by atomic mass is 10.0. The Hall–Kier alpha value is -1.47. The van der Waals surface area contributed by atoms with Gasteiger partial charge in [-0.05, 0) is 38.5 Å². The van der Waals surface area contributed by atoms with Gasteiger partial charge < -0.3 is 19.3 Å². The average Bonchev–Trinajstić information content (AvgIpc) is 3.16. The Labute approximate surface area is 339 Å². The highest BCUT2D eigenvalue weighted by molar-refractivity contribution is 7.46. The quantitative estimate of drug-likeness (QED) is 0.0271. The molecule has 0 rings (SSSR count). The van der Waals surface area contributed by atoms with E-state index in [0.29, 0.717) is 6.42 Å². The van der Waals surface area contributed by atoms with E-state index < -0.39 is 32.5 Å². The summed E-state index contributed by atoms with van der Waals surface area (Å²) in [5.41, 5.74) is 0. The van der Waals surface area contributed by atoms with E-state index in [0.717, 1.165) is 57.8 Å². The topological polar surface area (TPSA) is 119 Å². The zero-order chi connectivity index (χ0) is 40.3. The largest absolute Gasteiger partial charge is 0.469 e. The van der Waals surface area contributed by atoms with Crippen LogP contribution in [0.5, 0.6) is 0 Å². The molecule has 0 saturated heterocycles. The molecule has 0 aromatic rings. The minimum atomic E-state index is -4.76. The van der Waals surface area contributed by atoms with Crippen LogP contribution < -0.4 is 0 Å². The number of esters is 2. The summed E-state index contributed by atoms with van der Waals surface area (Å²) in [6.07, 6.45) is 49.1. The Bertz CT molecular complexity index is 946.